The van der Waals surface area contributed by atoms with Gasteiger partial charge >= 0.3 is 17.9 Å². The van der Waals surface area contributed by atoms with Crippen LogP contribution in [0.5, 0.6) is 0 Å². The van der Waals surface area contributed by atoms with Gasteiger partial charge in [-0.1, -0.05) is 329 Å². The van der Waals surface area contributed by atoms with Crippen molar-refractivity contribution in [3.05, 3.63) is 0 Å². The fourth-order valence-electron chi connectivity index (χ4n) is 9.86. The molecule has 0 aliphatic carbocycles. The van der Waals surface area contributed by atoms with Gasteiger partial charge in [-0.15, -0.1) is 0 Å². The predicted molar refractivity (Wildman–Crippen MR) is 298 cm³/mol. The Bertz CT molecular complexity index is 1030. The van der Waals surface area contributed by atoms with Gasteiger partial charge in [0.05, 0.1) is 0 Å². The van der Waals surface area contributed by atoms with Crippen LogP contribution in [0.3, 0.4) is 0 Å². The van der Waals surface area contributed by atoms with Crippen molar-refractivity contribution in [2.45, 2.75) is 374 Å². The summed E-state index contributed by atoms with van der Waals surface area (Å²) in [6.45, 7) is 6.70. The molecule has 0 aliphatic heterocycles. The maximum absolute atomic E-state index is 12.8. The van der Waals surface area contributed by atoms with Crippen molar-refractivity contribution < 1.29 is 28.6 Å². The monoisotopic (exact) mass is 975 g/mol. The average Bonchev–Trinajstić information content (AvgIpc) is 3.35. The lowest BCUT2D eigenvalue weighted by Gasteiger charge is -2.18. The molecule has 1 unspecified atom stereocenters. The molecule has 0 aromatic carbocycles. The third-order valence-electron chi connectivity index (χ3n) is 14.6. The van der Waals surface area contributed by atoms with Crippen LogP contribution in [0.4, 0.5) is 0 Å². The molecule has 0 aromatic rings. The third kappa shape index (κ3) is 57.2. The number of hydrogen-bond acceptors (Lipinski definition) is 6. The maximum atomic E-state index is 12.8. The third-order valence-corrected chi connectivity index (χ3v) is 14.6. The van der Waals surface area contributed by atoms with Crippen LogP contribution in [-0.4, -0.2) is 37.2 Å². The zero-order valence-electron chi connectivity index (χ0n) is 47.1. The molecule has 0 amide bonds. The minimum Gasteiger partial charge on any atom is -0.462 e. The van der Waals surface area contributed by atoms with Crippen LogP contribution >= 0.6 is 0 Å². The molecule has 410 valence electrons. The summed E-state index contributed by atoms with van der Waals surface area (Å²) in [5.74, 6) is -0.832. The average molecular weight is 976 g/mol. The zero-order valence-corrected chi connectivity index (χ0v) is 47.1. The summed E-state index contributed by atoms with van der Waals surface area (Å²) in [6, 6.07) is 0. The van der Waals surface area contributed by atoms with Crippen LogP contribution in [0.1, 0.15) is 367 Å². The topological polar surface area (TPSA) is 78.9 Å². The highest BCUT2D eigenvalue weighted by atomic mass is 16.6. The largest absolute Gasteiger partial charge is 0.462 e. The molecule has 1 atom stereocenters. The van der Waals surface area contributed by atoms with Crippen LogP contribution in [0.15, 0.2) is 0 Å². The van der Waals surface area contributed by atoms with Gasteiger partial charge in [0.25, 0.3) is 0 Å². The lowest BCUT2D eigenvalue weighted by atomic mass is 10.0. The van der Waals surface area contributed by atoms with Crippen molar-refractivity contribution in [3.63, 3.8) is 0 Å². The van der Waals surface area contributed by atoms with Gasteiger partial charge in [0.1, 0.15) is 13.2 Å². The van der Waals surface area contributed by atoms with E-state index < -0.39 is 6.10 Å². The minimum atomic E-state index is -0.761. The summed E-state index contributed by atoms with van der Waals surface area (Å²) in [5.41, 5.74) is 0. The van der Waals surface area contributed by atoms with E-state index in [1.165, 1.54) is 270 Å². The summed E-state index contributed by atoms with van der Waals surface area (Å²) in [6.07, 6.45) is 67.0. The fraction of sp³-hybridized carbons (Fsp3) is 0.952. The number of esters is 3. The zero-order chi connectivity index (χ0) is 50.0. The van der Waals surface area contributed by atoms with Crippen LogP contribution in [0.25, 0.3) is 0 Å². The quantitative estimate of drug-likeness (QED) is 0.0343. The van der Waals surface area contributed by atoms with E-state index in [1.807, 2.05) is 0 Å². The van der Waals surface area contributed by atoms with Crippen molar-refractivity contribution in [2.75, 3.05) is 13.2 Å². The first-order chi connectivity index (χ1) is 34.0. The van der Waals surface area contributed by atoms with Gasteiger partial charge in [0, 0.05) is 19.3 Å². The molecule has 0 aromatic heterocycles. The SMILES string of the molecule is CCCCCCCCCCCCCCCCCCCCCCCCCCCCC(=O)OCC(COC(=O)CCCCCCCCCCCC)OC(=O)CCCCCCCCCCCCCCCCC. The van der Waals surface area contributed by atoms with E-state index in [0.717, 1.165) is 57.8 Å². The molecule has 0 heterocycles. The van der Waals surface area contributed by atoms with Gasteiger partial charge in [0.2, 0.25) is 0 Å². The van der Waals surface area contributed by atoms with Crippen molar-refractivity contribution in [3.8, 4) is 0 Å². The van der Waals surface area contributed by atoms with Crippen LogP contribution in [-0.2, 0) is 28.6 Å². The molecule has 0 radical (unpaired) electrons. The van der Waals surface area contributed by atoms with E-state index in [2.05, 4.69) is 20.8 Å². The number of carbonyl (C=O) groups excluding carboxylic acids is 3. The number of carbonyl (C=O) groups is 3. The highest BCUT2D eigenvalue weighted by Crippen LogP contribution is 2.18. The Hall–Kier alpha value is -1.59. The van der Waals surface area contributed by atoms with Crippen LogP contribution in [0, 0.1) is 0 Å². The number of hydrogen-bond donors (Lipinski definition) is 0. The molecule has 0 spiro atoms. The van der Waals surface area contributed by atoms with Gasteiger partial charge < -0.3 is 14.2 Å². The predicted octanol–water partition coefficient (Wildman–Crippen LogP) is 21.1. The maximum Gasteiger partial charge on any atom is 0.306 e. The Labute approximate surface area is 431 Å². The molecule has 0 fully saturated rings. The molecular weight excluding hydrogens is 853 g/mol. The second-order valence-electron chi connectivity index (χ2n) is 21.7. The Morgan fingerprint density at radius 1 is 0.232 bits per heavy atom. The van der Waals surface area contributed by atoms with Crippen LogP contribution in [0.2, 0.25) is 0 Å². The second-order valence-corrected chi connectivity index (χ2v) is 21.7. The lowest BCUT2D eigenvalue weighted by Crippen LogP contribution is -2.30. The number of ether oxygens (including phenoxy) is 3. The molecule has 69 heavy (non-hydrogen) atoms. The molecule has 0 bridgehead atoms. The highest BCUT2D eigenvalue weighted by Gasteiger charge is 2.19. The Kier molecular flexibility index (Phi) is 57.6. The molecule has 0 N–H and O–H groups in total. The van der Waals surface area contributed by atoms with Crippen molar-refractivity contribution >= 4 is 17.9 Å². The molecule has 0 saturated heterocycles. The van der Waals surface area contributed by atoms with E-state index in [9.17, 15) is 14.4 Å². The van der Waals surface area contributed by atoms with E-state index in [-0.39, 0.29) is 31.1 Å². The number of unbranched alkanes of at least 4 members (excludes halogenated alkanes) is 48. The van der Waals surface area contributed by atoms with E-state index in [4.69, 9.17) is 14.2 Å². The van der Waals surface area contributed by atoms with Crippen LogP contribution < -0.4 is 0 Å². The molecule has 6 nitrogen and oxygen atoms in total. The van der Waals surface area contributed by atoms with Gasteiger partial charge in [-0.25, -0.2) is 0 Å². The molecule has 0 saturated carbocycles. The summed E-state index contributed by atoms with van der Waals surface area (Å²) in [5, 5.41) is 0. The van der Waals surface area contributed by atoms with Crippen molar-refractivity contribution in [1.29, 1.82) is 0 Å². The minimum absolute atomic E-state index is 0.0611. The Morgan fingerprint density at radius 3 is 0.580 bits per heavy atom. The van der Waals surface area contributed by atoms with Gasteiger partial charge in [-0.3, -0.25) is 14.4 Å². The molecular formula is C63H122O6. The lowest BCUT2D eigenvalue weighted by molar-refractivity contribution is -0.167. The first kappa shape index (κ1) is 67.4. The first-order valence-electron chi connectivity index (χ1n) is 31.5. The molecule has 6 heteroatoms. The summed E-state index contributed by atoms with van der Waals surface area (Å²) in [7, 11) is 0. The van der Waals surface area contributed by atoms with E-state index >= 15 is 0 Å². The standard InChI is InChI=1S/C63H122O6/c1-4-7-10-13-16-19-22-24-26-27-28-29-30-31-32-33-34-35-36-38-39-41-44-47-50-53-56-62(65)68-59-60(58-67-61(64)55-52-49-46-43-21-18-15-12-9-6-3)69-63(66)57-54-51-48-45-42-40-37-25-23-20-17-14-11-8-5-2/h60H,4-59H2,1-3H3. The smallest absolute Gasteiger partial charge is 0.306 e. The van der Waals surface area contributed by atoms with E-state index in [0.29, 0.717) is 19.3 Å². The molecule has 0 rings (SSSR count). The summed E-state index contributed by atoms with van der Waals surface area (Å²) >= 11 is 0. The molecule has 0 aliphatic rings. The summed E-state index contributed by atoms with van der Waals surface area (Å²) < 4.78 is 16.9. The second kappa shape index (κ2) is 59.0. The van der Waals surface area contributed by atoms with Gasteiger partial charge in [0.15, 0.2) is 6.10 Å². The normalized spacial score (nSPS) is 11.9. The first-order valence-corrected chi connectivity index (χ1v) is 31.5. The highest BCUT2D eigenvalue weighted by molar-refractivity contribution is 5.71. The van der Waals surface area contributed by atoms with Crippen molar-refractivity contribution in [1.82, 2.24) is 0 Å². The van der Waals surface area contributed by atoms with Gasteiger partial charge in [-0.05, 0) is 19.3 Å². The Morgan fingerprint density at radius 2 is 0.391 bits per heavy atom. The Balaban J connectivity index is 4.10. The van der Waals surface area contributed by atoms with E-state index in [1.54, 1.807) is 0 Å². The van der Waals surface area contributed by atoms with Gasteiger partial charge in [-0.2, -0.15) is 0 Å². The fourth-order valence-corrected chi connectivity index (χ4v) is 9.86. The number of rotatable bonds is 59. The van der Waals surface area contributed by atoms with Crippen molar-refractivity contribution in [2.24, 2.45) is 0 Å². The summed E-state index contributed by atoms with van der Waals surface area (Å²) in [4.78, 5) is 38.1.